The summed E-state index contributed by atoms with van der Waals surface area (Å²) in [5, 5.41) is 2.21. The molecule has 0 fully saturated rings. The van der Waals surface area contributed by atoms with Crippen LogP contribution in [0.2, 0.25) is 10.0 Å². The highest BCUT2D eigenvalue weighted by atomic mass is 35.5. The number of benzene rings is 3. The monoisotopic (exact) mass is 403 g/mol. The van der Waals surface area contributed by atoms with Crippen molar-refractivity contribution in [2.24, 2.45) is 0 Å². The highest BCUT2D eigenvalue weighted by Gasteiger charge is 2.12. The second kappa shape index (κ2) is 7.63. The van der Waals surface area contributed by atoms with E-state index in [1.165, 1.54) is 12.1 Å². The zero-order valence-corrected chi connectivity index (χ0v) is 15.7. The van der Waals surface area contributed by atoms with Crippen LogP contribution in [0.25, 0.3) is 33.3 Å². The fraction of sp³-hybridized carbons (Fsp3) is 0. The van der Waals surface area contributed by atoms with Gasteiger partial charge in [0.25, 0.3) is 0 Å². The Kier molecular flexibility index (Phi) is 5.47. The summed E-state index contributed by atoms with van der Waals surface area (Å²) in [5.41, 5.74) is 4.25. The Labute approximate surface area is 166 Å². The first-order chi connectivity index (χ1) is 12.1. The number of pyridine rings is 1. The van der Waals surface area contributed by atoms with E-state index in [9.17, 15) is 4.39 Å². The van der Waals surface area contributed by atoms with Crippen molar-refractivity contribution in [1.29, 1.82) is 0 Å². The molecule has 3 aromatic carbocycles. The Morgan fingerprint density at radius 1 is 0.769 bits per heavy atom. The van der Waals surface area contributed by atoms with Crippen molar-refractivity contribution >= 4 is 46.5 Å². The van der Waals surface area contributed by atoms with E-state index in [2.05, 4.69) is 0 Å². The maximum atomic E-state index is 13.2. The van der Waals surface area contributed by atoms with Crippen LogP contribution in [-0.4, -0.2) is 4.98 Å². The van der Waals surface area contributed by atoms with E-state index in [0.717, 1.165) is 33.3 Å². The highest BCUT2D eigenvalue weighted by molar-refractivity contribution is 6.34. The normalized spacial score (nSPS) is 10.6. The van der Waals surface area contributed by atoms with E-state index in [1.54, 1.807) is 12.1 Å². The molecule has 0 N–H and O–H groups in total. The van der Waals surface area contributed by atoms with Gasteiger partial charge in [0.15, 0.2) is 0 Å². The Morgan fingerprint density at radius 3 is 2.23 bits per heavy atom. The zero-order chi connectivity index (χ0) is 17.4. The number of fused-ring (bicyclic) bond motifs is 1. The number of halogens is 4. The fourth-order valence-electron chi connectivity index (χ4n) is 2.87. The van der Waals surface area contributed by atoms with Crippen molar-refractivity contribution < 1.29 is 4.39 Å². The molecule has 1 nitrogen and oxygen atoms in total. The van der Waals surface area contributed by atoms with Crippen molar-refractivity contribution in [2.75, 3.05) is 0 Å². The van der Waals surface area contributed by atoms with E-state index >= 15 is 0 Å². The maximum absolute atomic E-state index is 13.2. The standard InChI is InChI=1S/C21H12Cl2FN.ClH/c22-14-7-10-20-18(11-14)17(16-3-1-2-4-19(16)23)12-21(25-20)13-5-8-15(24)9-6-13;/h1-12H;1H. The second-order valence-corrected chi connectivity index (χ2v) is 6.55. The molecule has 0 atom stereocenters. The van der Waals surface area contributed by atoms with Gasteiger partial charge in [0.2, 0.25) is 0 Å². The molecule has 0 amide bonds. The molecule has 0 spiro atoms. The molecule has 0 unspecified atom stereocenters. The second-order valence-electron chi connectivity index (χ2n) is 5.70. The fourth-order valence-corrected chi connectivity index (χ4v) is 3.28. The van der Waals surface area contributed by atoms with E-state index in [-0.39, 0.29) is 18.2 Å². The molecule has 0 bridgehead atoms. The van der Waals surface area contributed by atoms with Gasteiger partial charge in [-0.3, -0.25) is 0 Å². The van der Waals surface area contributed by atoms with Crippen LogP contribution in [0.3, 0.4) is 0 Å². The van der Waals surface area contributed by atoms with Crippen LogP contribution in [0.15, 0.2) is 72.8 Å². The van der Waals surface area contributed by atoms with Gasteiger partial charge < -0.3 is 0 Å². The first-order valence-electron chi connectivity index (χ1n) is 7.73. The summed E-state index contributed by atoms with van der Waals surface area (Å²) in [7, 11) is 0. The van der Waals surface area contributed by atoms with Crippen LogP contribution in [0.4, 0.5) is 4.39 Å². The van der Waals surface area contributed by atoms with Gasteiger partial charge >= 0.3 is 0 Å². The smallest absolute Gasteiger partial charge is 0.123 e. The van der Waals surface area contributed by atoms with E-state index in [0.29, 0.717) is 10.0 Å². The zero-order valence-electron chi connectivity index (χ0n) is 13.4. The lowest BCUT2D eigenvalue weighted by Gasteiger charge is -2.12. The summed E-state index contributed by atoms with van der Waals surface area (Å²) in [6.45, 7) is 0. The third-order valence-electron chi connectivity index (χ3n) is 4.07. The number of hydrogen-bond donors (Lipinski definition) is 0. The van der Waals surface area contributed by atoms with Crippen LogP contribution in [-0.2, 0) is 0 Å². The summed E-state index contributed by atoms with van der Waals surface area (Å²) in [6, 6.07) is 21.5. The molecule has 1 aromatic heterocycles. The predicted octanol–water partition coefficient (Wildman–Crippen LogP) is 7.44. The van der Waals surface area contributed by atoms with Gasteiger partial charge in [0.05, 0.1) is 11.2 Å². The van der Waals surface area contributed by atoms with Gasteiger partial charge in [-0.15, -0.1) is 12.4 Å². The molecule has 0 saturated heterocycles. The van der Waals surface area contributed by atoms with E-state index in [4.69, 9.17) is 28.2 Å². The number of aromatic nitrogens is 1. The average molecular weight is 405 g/mol. The van der Waals surface area contributed by atoms with Crippen LogP contribution >= 0.6 is 35.6 Å². The molecule has 0 aliphatic heterocycles. The molecule has 130 valence electrons. The first-order valence-corrected chi connectivity index (χ1v) is 8.48. The minimum atomic E-state index is -0.275. The Bertz CT molecular complexity index is 1080. The molecule has 4 rings (SSSR count). The van der Waals surface area contributed by atoms with Gasteiger partial charge in [0, 0.05) is 26.6 Å². The molecular weight excluding hydrogens is 392 g/mol. The molecule has 0 radical (unpaired) electrons. The van der Waals surface area contributed by atoms with Crippen molar-refractivity contribution in [3.8, 4) is 22.4 Å². The minimum absolute atomic E-state index is 0. The van der Waals surface area contributed by atoms with Gasteiger partial charge in [-0.05, 0) is 60.2 Å². The Morgan fingerprint density at radius 2 is 1.50 bits per heavy atom. The maximum Gasteiger partial charge on any atom is 0.123 e. The van der Waals surface area contributed by atoms with Gasteiger partial charge in [-0.25, -0.2) is 9.37 Å². The Hall–Kier alpha value is -2.13. The number of rotatable bonds is 2. The summed E-state index contributed by atoms with van der Waals surface area (Å²) >= 11 is 12.6. The average Bonchev–Trinajstić information content (AvgIpc) is 2.62. The van der Waals surface area contributed by atoms with E-state index < -0.39 is 0 Å². The van der Waals surface area contributed by atoms with Gasteiger partial charge in [0.1, 0.15) is 5.82 Å². The molecular formula is C21H13Cl3FN. The van der Waals surface area contributed by atoms with Crippen LogP contribution in [0.5, 0.6) is 0 Å². The molecule has 4 aromatic rings. The third kappa shape index (κ3) is 3.54. The van der Waals surface area contributed by atoms with Gasteiger partial charge in [-0.1, -0.05) is 41.4 Å². The lowest BCUT2D eigenvalue weighted by atomic mass is 9.98. The summed E-state index contributed by atoms with van der Waals surface area (Å²) in [4.78, 5) is 4.71. The largest absolute Gasteiger partial charge is 0.248 e. The molecule has 0 aliphatic rings. The lowest BCUT2D eigenvalue weighted by molar-refractivity contribution is 0.628. The molecule has 0 aliphatic carbocycles. The lowest BCUT2D eigenvalue weighted by Crippen LogP contribution is -1.91. The van der Waals surface area contributed by atoms with Gasteiger partial charge in [-0.2, -0.15) is 0 Å². The minimum Gasteiger partial charge on any atom is -0.248 e. The van der Waals surface area contributed by atoms with Crippen LogP contribution < -0.4 is 0 Å². The predicted molar refractivity (Wildman–Crippen MR) is 110 cm³/mol. The Balaban J connectivity index is 0.00000196. The molecule has 26 heavy (non-hydrogen) atoms. The topological polar surface area (TPSA) is 12.9 Å². The molecule has 1 heterocycles. The summed E-state index contributed by atoms with van der Waals surface area (Å²) < 4.78 is 13.2. The van der Waals surface area contributed by atoms with Crippen molar-refractivity contribution in [3.63, 3.8) is 0 Å². The number of nitrogens with zero attached hydrogens (tertiary/aromatic N) is 1. The summed E-state index contributed by atoms with van der Waals surface area (Å²) in [6.07, 6.45) is 0. The van der Waals surface area contributed by atoms with Crippen molar-refractivity contribution in [3.05, 3.63) is 88.7 Å². The molecule has 5 heteroatoms. The SMILES string of the molecule is Cl.Fc1ccc(-c2cc(-c3ccccc3Cl)c3cc(Cl)ccc3n2)cc1. The third-order valence-corrected chi connectivity index (χ3v) is 4.64. The molecule has 0 saturated carbocycles. The number of hydrogen-bond acceptors (Lipinski definition) is 1. The quantitative estimate of drug-likeness (QED) is 0.338. The van der Waals surface area contributed by atoms with Crippen LogP contribution in [0.1, 0.15) is 0 Å². The van der Waals surface area contributed by atoms with Crippen molar-refractivity contribution in [2.45, 2.75) is 0 Å². The highest BCUT2D eigenvalue weighted by Crippen LogP contribution is 2.36. The van der Waals surface area contributed by atoms with E-state index in [1.807, 2.05) is 48.5 Å². The van der Waals surface area contributed by atoms with Crippen LogP contribution in [0, 0.1) is 5.82 Å². The first kappa shape index (κ1) is 18.7. The summed E-state index contributed by atoms with van der Waals surface area (Å²) in [5.74, 6) is -0.275. The van der Waals surface area contributed by atoms with Crippen molar-refractivity contribution in [1.82, 2.24) is 4.98 Å².